The number of rotatable bonds is 4. The van der Waals surface area contributed by atoms with Crippen molar-refractivity contribution < 1.29 is 9.53 Å². The maximum absolute atomic E-state index is 12.7. The van der Waals surface area contributed by atoms with Crippen molar-refractivity contribution in [2.45, 2.75) is 31.8 Å². The average Bonchev–Trinajstić information content (AvgIpc) is 3.25. The summed E-state index contributed by atoms with van der Waals surface area (Å²) in [7, 11) is 0. The van der Waals surface area contributed by atoms with Crippen molar-refractivity contribution in [2.24, 2.45) is 11.7 Å². The third kappa shape index (κ3) is 2.43. The highest BCUT2D eigenvalue weighted by Crippen LogP contribution is 2.38. The molecule has 5 heteroatoms. The number of hydrogen-bond donors (Lipinski definition) is 2. The first-order valence-electron chi connectivity index (χ1n) is 8.80. The third-order valence-corrected chi connectivity index (χ3v) is 5.82. The van der Waals surface area contributed by atoms with Gasteiger partial charge in [0.15, 0.2) is 0 Å². The van der Waals surface area contributed by atoms with Crippen molar-refractivity contribution in [2.75, 3.05) is 26.2 Å². The molecule has 2 fully saturated rings. The van der Waals surface area contributed by atoms with Crippen LogP contribution >= 0.6 is 0 Å². The van der Waals surface area contributed by atoms with E-state index in [1.54, 1.807) is 0 Å². The lowest BCUT2D eigenvalue weighted by Gasteiger charge is -2.26. The number of fused-ring (bicyclic) bond motifs is 2. The Balaban J connectivity index is 1.43. The van der Waals surface area contributed by atoms with Crippen molar-refractivity contribution in [3.63, 3.8) is 0 Å². The van der Waals surface area contributed by atoms with Crippen LogP contribution in [0.4, 0.5) is 0 Å². The van der Waals surface area contributed by atoms with Crippen LogP contribution in [0.25, 0.3) is 10.9 Å². The Bertz CT molecular complexity index is 769. The van der Waals surface area contributed by atoms with Gasteiger partial charge >= 0.3 is 0 Å². The van der Waals surface area contributed by atoms with Crippen LogP contribution in [0.2, 0.25) is 0 Å². The number of aryl methyl sites for hydroxylation is 2. The minimum absolute atomic E-state index is 0.211. The van der Waals surface area contributed by atoms with E-state index in [9.17, 15) is 4.79 Å². The van der Waals surface area contributed by atoms with E-state index in [2.05, 4.69) is 30.1 Å². The highest BCUT2D eigenvalue weighted by Gasteiger charge is 2.51. The summed E-state index contributed by atoms with van der Waals surface area (Å²) in [6, 6.07) is 6.29. The Labute approximate surface area is 142 Å². The van der Waals surface area contributed by atoms with Crippen molar-refractivity contribution in [3.8, 4) is 0 Å². The van der Waals surface area contributed by atoms with Gasteiger partial charge in [0.1, 0.15) is 5.60 Å². The highest BCUT2D eigenvalue weighted by molar-refractivity contribution is 5.86. The van der Waals surface area contributed by atoms with Gasteiger partial charge in [-0.05, 0) is 30.9 Å². The van der Waals surface area contributed by atoms with Gasteiger partial charge in [-0.25, -0.2) is 0 Å². The number of para-hydroxylation sites is 1. The Kier molecular flexibility index (Phi) is 3.85. The SMILES string of the molecule is Cc1cccc2c(CCC(=O)N3C[C@@H]4CCO[C@]4(CN)C3)c[nH]c12. The Morgan fingerprint density at radius 1 is 1.50 bits per heavy atom. The molecule has 0 unspecified atom stereocenters. The second-order valence-electron chi connectivity index (χ2n) is 7.19. The van der Waals surface area contributed by atoms with E-state index in [0.717, 1.165) is 26.0 Å². The number of hydrogen-bond acceptors (Lipinski definition) is 3. The standard InChI is InChI=1S/C19H25N3O2/c1-13-3-2-4-16-14(9-21-18(13)16)5-6-17(23)22-10-15-7-8-24-19(15,11-20)12-22/h2-4,9,15,21H,5-8,10-12,20H2,1H3/t15-,19+/m0/s1. The van der Waals surface area contributed by atoms with Gasteiger partial charge in [0, 0.05) is 49.1 Å². The van der Waals surface area contributed by atoms with E-state index < -0.39 is 0 Å². The number of likely N-dealkylation sites (tertiary alicyclic amines) is 1. The molecule has 2 atom stereocenters. The van der Waals surface area contributed by atoms with Crippen molar-refractivity contribution in [3.05, 3.63) is 35.5 Å². The summed E-state index contributed by atoms with van der Waals surface area (Å²) in [6.45, 7) is 4.83. The van der Waals surface area contributed by atoms with Gasteiger partial charge in [-0.3, -0.25) is 4.79 Å². The summed E-state index contributed by atoms with van der Waals surface area (Å²) in [4.78, 5) is 17.9. The molecule has 0 saturated carbocycles. The van der Waals surface area contributed by atoms with E-state index in [4.69, 9.17) is 10.5 Å². The summed E-state index contributed by atoms with van der Waals surface area (Å²) in [5, 5.41) is 1.22. The van der Waals surface area contributed by atoms with Crippen LogP contribution in [0, 0.1) is 12.8 Å². The Morgan fingerprint density at radius 3 is 3.17 bits per heavy atom. The number of carbonyl (C=O) groups excluding carboxylic acids is 1. The molecule has 0 bridgehead atoms. The molecule has 0 aliphatic carbocycles. The van der Waals surface area contributed by atoms with E-state index in [-0.39, 0.29) is 11.5 Å². The Hall–Kier alpha value is -1.85. The van der Waals surface area contributed by atoms with E-state index >= 15 is 0 Å². The largest absolute Gasteiger partial charge is 0.371 e. The Morgan fingerprint density at radius 2 is 2.38 bits per heavy atom. The molecular weight excluding hydrogens is 302 g/mol. The van der Waals surface area contributed by atoms with E-state index in [1.165, 1.54) is 22.0 Å². The third-order valence-electron chi connectivity index (χ3n) is 5.82. The highest BCUT2D eigenvalue weighted by atomic mass is 16.5. The lowest BCUT2D eigenvalue weighted by atomic mass is 9.91. The first-order chi connectivity index (χ1) is 11.6. The van der Waals surface area contributed by atoms with Gasteiger partial charge in [0.25, 0.3) is 0 Å². The van der Waals surface area contributed by atoms with Crippen LogP contribution in [0.15, 0.2) is 24.4 Å². The van der Waals surface area contributed by atoms with Crippen molar-refractivity contribution >= 4 is 16.8 Å². The molecular formula is C19H25N3O2. The molecule has 0 spiro atoms. The zero-order valence-corrected chi connectivity index (χ0v) is 14.2. The van der Waals surface area contributed by atoms with Crippen LogP contribution in [0.1, 0.15) is 24.0 Å². The molecule has 1 aromatic heterocycles. The lowest BCUT2D eigenvalue weighted by molar-refractivity contribution is -0.131. The number of nitrogens with one attached hydrogen (secondary N) is 1. The number of nitrogens with zero attached hydrogens (tertiary/aromatic N) is 1. The number of H-pyrrole nitrogens is 1. The first kappa shape index (κ1) is 15.7. The minimum Gasteiger partial charge on any atom is -0.371 e. The number of aromatic nitrogens is 1. The van der Waals surface area contributed by atoms with Gasteiger partial charge in [-0.15, -0.1) is 0 Å². The zero-order chi connectivity index (χ0) is 16.7. The molecule has 2 aliphatic heterocycles. The molecule has 5 nitrogen and oxygen atoms in total. The quantitative estimate of drug-likeness (QED) is 0.902. The molecule has 24 heavy (non-hydrogen) atoms. The lowest BCUT2D eigenvalue weighted by Crippen LogP contribution is -2.44. The number of ether oxygens (including phenoxy) is 1. The zero-order valence-electron chi connectivity index (χ0n) is 14.2. The van der Waals surface area contributed by atoms with Gasteiger partial charge in [0.2, 0.25) is 5.91 Å². The fourth-order valence-corrected chi connectivity index (χ4v) is 4.32. The average molecular weight is 327 g/mol. The molecule has 2 aromatic rings. The van der Waals surface area contributed by atoms with Gasteiger partial charge in [0.05, 0.1) is 6.54 Å². The monoisotopic (exact) mass is 327 g/mol. The second-order valence-corrected chi connectivity index (χ2v) is 7.19. The van der Waals surface area contributed by atoms with Crippen molar-refractivity contribution in [1.29, 1.82) is 0 Å². The van der Waals surface area contributed by atoms with Crippen LogP contribution in [0.3, 0.4) is 0 Å². The fraction of sp³-hybridized carbons (Fsp3) is 0.526. The van der Waals surface area contributed by atoms with Crippen LogP contribution in [-0.4, -0.2) is 47.6 Å². The molecule has 0 radical (unpaired) electrons. The molecule has 1 amide bonds. The van der Waals surface area contributed by atoms with E-state index in [1.807, 2.05) is 11.1 Å². The number of carbonyl (C=O) groups is 1. The number of benzene rings is 1. The fourth-order valence-electron chi connectivity index (χ4n) is 4.32. The number of aromatic amines is 1. The summed E-state index contributed by atoms with van der Waals surface area (Å²) < 4.78 is 5.89. The minimum atomic E-state index is -0.284. The maximum Gasteiger partial charge on any atom is 0.223 e. The van der Waals surface area contributed by atoms with Gasteiger partial charge in [-0.2, -0.15) is 0 Å². The smallest absolute Gasteiger partial charge is 0.223 e. The summed E-state index contributed by atoms with van der Waals surface area (Å²) in [6.07, 6.45) is 4.35. The van der Waals surface area contributed by atoms with E-state index in [0.29, 0.717) is 25.4 Å². The van der Waals surface area contributed by atoms with Crippen molar-refractivity contribution in [1.82, 2.24) is 9.88 Å². The summed E-state index contributed by atoms with van der Waals surface area (Å²) in [5.74, 6) is 0.616. The molecule has 4 rings (SSSR count). The predicted molar refractivity (Wildman–Crippen MR) is 93.8 cm³/mol. The molecule has 3 N–H and O–H groups in total. The molecule has 3 heterocycles. The number of nitrogens with two attached hydrogens (primary N) is 1. The molecule has 1 aromatic carbocycles. The van der Waals surface area contributed by atoms with Crippen LogP contribution < -0.4 is 5.73 Å². The molecule has 128 valence electrons. The number of amides is 1. The van der Waals surface area contributed by atoms with Gasteiger partial charge < -0.3 is 20.4 Å². The van der Waals surface area contributed by atoms with Gasteiger partial charge in [-0.1, -0.05) is 18.2 Å². The normalized spacial score (nSPS) is 26.2. The maximum atomic E-state index is 12.7. The van der Waals surface area contributed by atoms with Crippen LogP contribution in [0.5, 0.6) is 0 Å². The first-order valence-corrected chi connectivity index (χ1v) is 8.80. The topological polar surface area (TPSA) is 71.3 Å². The summed E-state index contributed by atoms with van der Waals surface area (Å²) >= 11 is 0. The summed E-state index contributed by atoms with van der Waals surface area (Å²) in [5.41, 5.74) is 9.27. The molecule has 2 aliphatic rings. The van der Waals surface area contributed by atoms with Crippen LogP contribution in [-0.2, 0) is 16.0 Å². The second kappa shape index (κ2) is 5.90. The predicted octanol–water partition coefficient (Wildman–Crippen LogP) is 1.99. The molecule has 2 saturated heterocycles.